The lowest BCUT2D eigenvalue weighted by molar-refractivity contribution is -0.118. The molecule has 0 fully saturated rings. The summed E-state index contributed by atoms with van der Waals surface area (Å²) in [6.07, 6.45) is -0.0852. The number of phenols is 2. The van der Waals surface area contributed by atoms with Gasteiger partial charge in [-0.3, -0.25) is 9.59 Å². The van der Waals surface area contributed by atoms with Gasteiger partial charge >= 0.3 is 0 Å². The molecule has 2 amide bonds. The molecule has 0 saturated carbocycles. The number of aromatic hydroxyl groups is 2. The largest absolute Gasteiger partial charge is 0.506 e. The van der Waals surface area contributed by atoms with Gasteiger partial charge < -0.3 is 20.0 Å². The maximum atomic E-state index is 13.7. The average molecular weight is 730 g/mol. The Balaban J connectivity index is 1.39. The highest BCUT2D eigenvalue weighted by atomic mass is 35.5. The Morgan fingerprint density at radius 1 is 0.583 bits per heavy atom. The van der Waals surface area contributed by atoms with Crippen molar-refractivity contribution in [1.82, 2.24) is 4.90 Å². The molecule has 0 radical (unpaired) electrons. The van der Waals surface area contributed by atoms with E-state index in [1.807, 2.05) is 0 Å². The lowest BCUT2D eigenvalue weighted by atomic mass is 10.1. The molecule has 0 saturated heterocycles. The first-order valence-electron chi connectivity index (χ1n) is 14.4. The summed E-state index contributed by atoms with van der Waals surface area (Å²) in [5, 5.41) is 21.5. The van der Waals surface area contributed by atoms with Crippen LogP contribution >= 0.6 is 46.4 Å². The van der Waals surface area contributed by atoms with E-state index in [9.17, 15) is 28.6 Å². The Morgan fingerprint density at radius 2 is 1.02 bits per heavy atom. The van der Waals surface area contributed by atoms with Gasteiger partial charge in [-0.15, -0.1) is 0 Å². The van der Waals surface area contributed by atoms with Crippen LogP contribution in [0.25, 0.3) is 0 Å². The van der Waals surface area contributed by atoms with Gasteiger partial charge in [-0.1, -0.05) is 94.9 Å². The molecule has 0 spiro atoms. The summed E-state index contributed by atoms with van der Waals surface area (Å²) in [5.41, 5.74) is 2.56. The monoisotopic (exact) mass is 728 g/mol. The van der Waals surface area contributed by atoms with E-state index in [1.165, 1.54) is 70.5 Å². The van der Waals surface area contributed by atoms with Gasteiger partial charge in [0, 0.05) is 23.1 Å². The highest BCUT2D eigenvalue weighted by Crippen LogP contribution is 2.39. The molecule has 0 heterocycles. The predicted molar refractivity (Wildman–Crippen MR) is 184 cm³/mol. The number of hydrogen-bond acceptors (Lipinski definition) is 4. The van der Waals surface area contributed by atoms with Crippen molar-refractivity contribution in [2.24, 2.45) is 0 Å². The Hall–Kier alpha value is -4.34. The molecule has 6 nitrogen and oxygen atoms in total. The standard InChI is InChI=1S/C36H26Cl4F2N2O4/c37-25-14-29(34(46)30(39)15-25)36(48)43(19-23-5-9-27(41)10-6-23)18-22-3-1-21(2-4-22)13-33(45)44(20-24-7-11-28(42)12-8-24)32-17-26(38)16-31(40)35(32)47/h1-12,14-17,46-47H,13,18-20H2. The zero-order valence-electron chi connectivity index (χ0n) is 24.9. The van der Waals surface area contributed by atoms with Gasteiger partial charge in [0.2, 0.25) is 5.91 Å². The molecule has 0 atom stereocenters. The fraction of sp³-hybridized carbons (Fsp3) is 0.111. The van der Waals surface area contributed by atoms with Gasteiger partial charge in [0.05, 0.1) is 34.3 Å². The van der Waals surface area contributed by atoms with Crippen LogP contribution in [0.3, 0.4) is 0 Å². The SMILES string of the molecule is O=C(c1cc(Cl)cc(Cl)c1O)N(Cc1ccc(F)cc1)Cc1ccc(CC(=O)N(Cc2ccc(F)cc2)c2cc(Cl)cc(Cl)c2O)cc1. The maximum Gasteiger partial charge on any atom is 0.258 e. The van der Waals surface area contributed by atoms with Crippen molar-refractivity contribution in [1.29, 1.82) is 0 Å². The van der Waals surface area contributed by atoms with Crippen LogP contribution in [0.5, 0.6) is 11.5 Å². The summed E-state index contributed by atoms with van der Waals surface area (Å²) in [6.45, 7) is 0.162. The predicted octanol–water partition coefficient (Wildman–Crippen LogP) is 9.61. The number of amides is 2. The lowest BCUT2D eigenvalue weighted by Gasteiger charge is -2.25. The minimum Gasteiger partial charge on any atom is -0.506 e. The second kappa shape index (κ2) is 15.3. The maximum absolute atomic E-state index is 13.7. The number of carbonyl (C=O) groups excluding carboxylic acids is 2. The van der Waals surface area contributed by atoms with Crippen molar-refractivity contribution in [2.45, 2.75) is 26.1 Å². The lowest BCUT2D eigenvalue weighted by Crippen LogP contribution is -2.32. The van der Waals surface area contributed by atoms with Gasteiger partial charge in [0.25, 0.3) is 5.91 Å². The first kappa shape index (κ1) is 35.0. The van der Waals surface area contributed by atoms with E-state index in [-0.39, 0.29) is 63.1 Å². The first-order valence-corrected chi connectivity index (χ1v) is 15.9. The number of rotatable bonds is 10. The van der Waals surface area contributed by atoms with Crippen LogP contribution in [-0.2, 0) is 30.8 Å². The molecule has 0 aromatic heterocycles. The van der Waals surface area contributed by atoms with E-state index >= 15 is 0 Å². The molecule has 5 aromatic carbocycles. The third-order valence-electron chi connectivity index (χ3n) is 7.44. The smallest absolute Gasteiger partial charge is 0.258 e. The molecule has 0 aliphatic heterocycles. The molecule has 0 unspecified atom stereocenters. The summed E-state index contributed by atoms with van der Waals surface area (Å²) in [7, 11) is 0. The molecule has 0 bridgehead atoms. The van der Waals surface area contributed by atoms with Gasteiger partial charge in [-0.25, -0.2) is 8.78 Å². The van der Waals surface area contributed by atoms with E-state index in [0.717, 1.165) is 0 Å². The van der Waals surface area contributed by atoms with Crippen LogP contribution in [0.1, 0.15) is 32.6 Å². The Bertz CT molecular complexity index is 1960. The number of halogens is 6. The van der Waals surface area contributed by atoms with E-state index in [0.29, 0.717) is 22.3 Å². The fourth-order valence-corrected chi connectivity index (χ4v) is 5.98. The second-order valence-electron chi connectivity index (χ2n) is 10.9. The van der Waals surface area contributed by atoms with Crippen molar-refractivity contribution in [3.8, 4) is 11.5 Å². The molecule has 246 valence electrons. The van der Waals surface area contributed by atoms with Crippen LogP contribution in [-0.4, -0.2) is 26.9 Å². The third kappa shape index (κ3) is 8.57. The summed E-state index contributed by atoms with van der Waals surface area (Å²) in [5.74, 6) is -2.56. The minimum absolute atomic E-state index is 0.00223. The van der Waals surface area contributed by atoms with E-state index in [4.69, 9.17) is 46.4 Å². The molecule has 5 aromatic rings. The van der Waals surface area contributed by atoms with E-state index in [1.54, 1.807) is 36.4 Å². The number of carbonyl (C=O) groups is 2. The average Bonchev–Trinajstić information content (AvgIpc) is 3.05. The van der Waals surface area contributed by atoms with Gasteiger partial charge in [0.15, 0.2) is 5.75 Å². The first-order chi connectivity index (χ1) is 22.9. The van der Waals surface area contributed by atoms with E-state index < -0.39 is 29.2 Å². The fourth-order valence-electron chi connectivity index (χ4n) is 5.00. The normalized spacial score (nSPS) is 11.0. The summed E-state index contributed by atoms with van der Waals surface area (Å²) in [4.78, 5) is 30.2. The number of phenolic OH excluding ortho intramolecular Hbond substituents is 2. The number of benzene rings is 5. The van der Waals surface area contributed by atoms with Gasteiger partial charge in [-0.2, -0.15) is 0 Å². The molecular weight excluding hydrogens is 704 g/mol. The molecule has 2 N–H and O–H groups in total. The number of hydrogen-bond donors (Lipinski definition) is 2. The second-order valence-corrected chi connectivity index (χ2v) is 12.6. The molecular formula is C36H26Cl4F2N2O4. The molecule has 12 heteroatoms. The van der Waals surface area contributed by atoms with Crippen molar-refractivity contribution in [3.05, 3.63) is 157 Å². The van der Waals surface area contributed by atoms with Crippen molar-refractivity contribution < 1.29 is 28.6 Å². The highest BCUT2D eigenvalue weighted by molar-refractivity contribution is 6.37. The zero-order valence-corrected chi connectivity index (χ0v) is 28.0. The van der Waals surface area contributed by atoms with Crippen LogP contribution in [0.4, 0.5) is 14.5 Å². The Kier molecular flexibility index (Phi) is 11.1. The zero-order chi connectivity index (χ0) is 34.5. The summed E-state index contributed by atoms with van der Waals surface area (Å²) in [6, 6.07) is 23.6. The topological polar surface area (TPSA) is 81.1 Å². The van der Waals surface area contributed by atoms with Gasteiger partial charge in [-0.05, 0) is 70.8 Å². The van der Waals surface area contributed by atoms with Crippen molar-refractivity contribution in [2.75, 3.05) is 4.90 Å². The molecule has 5 rings (SSSR count). The van der Waals surface area contributed by atoms with Gasteiger partial charge in [0.1, 0.15) is 17.4 Å². The highest BCUT2D eigenvalue weighted by Gasteiger charge is 2.24. The van der Waals surface area contributed by atoms with Crippen LogP contribution in [0, 0.1) is 11.6 Å². The quantitative estimate of drug-likeness (QED) is 0.150. The van der Waals surface area contributed by atoms with Crippen LogP contribution in [0.2, 0.25) is 20.1 Å². The van der Waals surface area contributed by atoms with Crippen molar-refractivity contribution in [3.63, 3.8) is 0 Å². The molecule has 0 aliphatic rings. The summed E-state index contributed by atoms with van der Waals surface area (Å²) >= 11 is 24.6. The number of anilines is 1. The van der Waals surface area contributed by atoms with Crippen molar-refractivity contribution >= 4 is 63.9 Å². The minimum atomic E-state index is -0.558. The van der Waals surface area contributed by atoms with Crippen LogP contribution < -0.4 is 4.90 Å². The summed E-state index contributed by atoms with van der Waals surface area (Å²) < 4.78 is 27.1. The van der Waals surface area contributed by atoms with E-state index in [2.05, 4.69) is 0 Å². The number of nitrogens with zero attached hydrogens (tertiary/aromatic N) is 2. The Morgan fingerprint density at radius 3 is 1.56 bits per heavy atom. The Labute approximate surface area is 295 Å². The molecule has 48 heavy (non-hydrogen) atoms. The third-order valence-corrected chi connectivity index (χ3v) is 8.45. The molecule has 0 aliphatic carbocycles. The van der Waals surface area contributed by atoms with Crippen LogP contribution in [0.15, 0.2) is 97.1 Å².